The fourth-order valence-electron chi connectivity index (χ4n) is 5.91. The van der Waals surface area contributed by atoms with Crippen LogP contribution in [0.1, 0.15) is 78.4 Å². The first-order chi connectivity index (χ1) is 23.8. The monoisotopic (exact) mass is 686 g/mol. The molecule has 4 atom stereocenters. The van der Waals surface area contributed by atoms with Crippen LogP contribution in [0.2, 0.25) is 0 Å². The van der Waals surface area contributed by atoms with Gasteiger partial charge in [-0.15, -0.1) is 0 Å². The van der Waals surface area contributed by atoms with E-state index in [2.05, 4.69) is 10.6 Å². The van der Waals surface area contributed by atoms with Gasteiger partial charge in [0.15, 0.2) is 5.54 Å². The van der Waals surface area contributed by atoms with Crippen LogP contribution >= 0.6 is 0 Å². The Morgan fingerprint density at radius 2 is 1.58 bits per heavy atom. The number of nitrogens with zero attached hydrogens (tertiary/aromatic N) is 1. The fourth-order valence-corrected chi connectivity index (χ4v) is 5.91. The Morgan fingerprint density at radius 1 is 0.920 bits per heavy atom. The number of nitrogens with one attached hydrogen (secondary N) is 2. The first-order valence-corrected chi connectivity index (χ1v) is 17.5. The van der Waals surface area contributed by atoms with Crippen LogP contribution in [0.5, 0.6) is 0 Å². The number of rotatable bonds is 17. The lowest BCUT2D eigenvalue weighted by Crippen LogP contribution is -2.64. The summed E-state index contributed by atoms with van der Waals surface area (Å²) in [6.45, 7) is 11.6. The van der Waals surface area contributed by atoms with Crippen molar-refractivity contribution in [1.29, 1.82) is 0 Å². The van der Waals surface area contributed by atoms with E-state index in [1.54, 1.807) is 24.3 Å². The molecule has 0 spiro atoms. The highest BCUT2D eigenvalue weighted by atomic mass is 16.6. The van der Waals surface area contributed by atoms with E-state index in [1.807, 2.05) is 83.1 Å². The molecule has 4 amide bonds. The van der Waals surface area contributed by atoms with Crippen LogP contribution in [0.25, 0.3) is 10.8 Å². The average molecular weight is 687 g/mol. The van der Waals surface area contributed by atoms with E-state index in [0.29, 0.717) is 42.3 Å². The highest BCUT2D eigenvalue weighted by Crippen LogP contribution is 2.40. The summed E-state index contributed by atoms with van der Waals surface area (Å²) in [6, 6.07) is 19.9. The molecular formula is C40H54N4O6. The van der Waals surface area contributed by atoms with Crippen LogP contribution in [0.15, 0.2) is 84.9 Å². The van der Waals surface area contributed by atoms with Crippen molar-refractivity contribution in [2.45, 2.75) is 97.6 Å². The van der Waals surface area contributed by atoms with Crippen molar-refractivity contribution in [2.75, 3.05) is 6.54 Å². The third-order valence-electron chi connectivity index (χ3n) is 8.47. The number of aliphatic hydroxyl groups is 1. The van der Waals surface area contributed by atoms with E-state index in [4.69, 9.17) is 10.5 Å². The Balaban J connectivity index is 2.23. The zero-order valence-corrected chi connectivity index (χ0v) is 30.2. The van der Waals surface area contributed by atoms with Gasteiger partial charge in [-0.1, -0.05) is 120 Å². The number of benzene rings is 3. The molecule has 0 aliphatic rings. The average Bonchev–Trinajstić information content (AvgIpc) is 3.09. The molecule has 5 N–H and O–H groups in total. The van der Waals surface area contributed by atoms with Crippen molar-refractivity contribution >= 4 is 34.6 Å². The van der Waals surface area contributed by atoms with Crippen LogP contribution in [0.3, 0.4) is 0 Å². The number of fused-ring (bicyclic) bond motifs is 1. The van der Waals surface area contributed by atoms with Crippen molar-refractivity contribution in [2.24, 2.45) is 17.6 Å². The van der Waals surface area contributed by atoms with Gasteiger partial charge in [0.1, 0.15) is 6.61 Å². The number of imide groups is 1. The summed E-state index contributed by atoms with van der Waals surface area (Å²) in [5, 5.41) is 18.7. The summed E-state index contributed by atoms with van der Waals surface area (Å²) in [5.74, 6) is -1.55. The van der Waals surface area contributed by atoms with Gasteiger partial charge < -0.3 is 26.2 Å². The molecule has 0 bridgehead atoms. The van der Waals surface area contributed by atoms with Crippen molar-refractivity contribution in [3.63, 3.8) is 0 Å². The molecule has 0 aliphatic heterocycles. The van der Waals surface area contributed by atoms with Gasteiger partial charge in [0.2, 0.25) is 11.8 Å². The van der Waals surface area contributed by atoms with Crippen LogP contribution in [-0.4, -0.2) is 58.6 Å². The van der Waals surface area contributed by atoms with Crippen molar-refractivity contribution in [3.05, 3.63) is 96.1 Å². The van der Waals surface area contributed by atoms with Crippen LogP contribution in [0, 0.1) is 11.8 Å². The molecule has 0 radical (unpaired) electrons. The van der Waals surface area contributed by atoms with Crippen molar-refractivity contribution in [3.8, 4) is 0 Å². The number of aliphatic hydroxyl groups excluding tert-OH is 1. The van der Waals surface area contributed by atoms with Crippen LogP contribution in [-0.2, 0) is 31.3 Å². The second kappa shape index (κ2) is 19.0. The van der Waals surface area contributed by atoms with Crippen molar-refractivity contribution < 1.29 is 29.0 Å². The Kier molecular flexibility index (Phi) is 15.2. The highest BCUT2D eigenvalue weighted by Gasteiger charge is 2.53. The SMILES string of the molecule is CCCC[C@](C(=O)N[C@@H](CC(C)C)[C@@H](O)C=CC(=O)NCC(C)C)(c1cccc2ccccc12)N(C(=O)OCc1ccccc1)C(=O)[C@H](C)N. The zero-order valence-electron chi connectivity index (χ0n) is 30.2. The van der Waals surface area contributed by atoms with Gasteiger partial charge in [0.25, 0.3) is 5.91 Å². The van der Waals surface area contributed by atoms with Gasteiger partial charge in [0.05, 0.1) is 18.2 Å². The molecule has 0 heterocycles. The van der Waals surface area contributed by atoms with Crippen LogP contribution in [0.4, 0.5) is 4.79 Å². The number of unbranched alkanes of at least 4 members (excludes halogenated alkanes) is 1. The zero-order chi connectivity index (χ0) is 36.8. The maximum absolute atomic E-state index is 15.2. The largest absolute Gasteiger partial charge is 0.444 e. The Hall–Kier alpha value is -4.54. The molecule has 0 unspecified atom stereocenters. The molecule has 0 aliphatic carbocycles. The molecule has 3 aromatic carbocycles. The number of hydrogen-bond donors (Lipinski definition) is 4. The standard InChI is InChI=1S/C40H54N4O6/c1-7-8-23-40(33-20-14-18-31-17-12-13-19-32(31)33,44(37(47)29(6)41)39(49)50-26-30-15-10-9-11-16-30)38(48)43-34(24-27(2)3)35(45)21-22-36(46)42-25-28(4)5/h9-22,27-29,34-35,45H,7-8,23-26,41H2,1-6H3,(H,42,46)(H,43,48)/t29-,34-,35-,40+/m0/s1. The lowest BCUT2D eigenvalue weighted by molar-refractivity contribution is -0.148. The summed E-state index contributed by atoms with van der Waals surface area (Å²) in [4.78, 5) is 57.1. The minimum Gasteiger partial charge on any atom is -0.444 e. The first-order valence-electron chi connectivity index (χ1n) is 17.5. The minimum atomic E-state index is -1.93. The molecule has 0 saturated heterocycles. The number of amides is 4. The molecule has 10 heteroatoms. The minimum absolute atomic E-state index is 0.0263. The van der Waals surface area contributed by atoms with E-state index in [1.165, 1.54) is 19.1 Å². The lowest BCUT2D eigenvalue weighted by Gasteiger charge is -2.43. The third-order valence-corrected chi connectivity index (χ3v) is 8.47. The van der Waals surface area contributed by atoms with E-state index in [-0.39, 0.29) is 30.8 Å². The molecule has 3 rings (SSSR count). The topological polar surface area (TPSA) is 151 Å². The third kappa shape index (κ3) is 10.5. The normalized spacial score (nSPS) is 14.6. The second-order valence-electron chi connectivity index (χ2n) is 13.7. The number of nitrogens with two attached hydrogens (primary N) is 1. The Bertz CT molecular complexity index is 1600. The quantitative estimate of drug-likeness (QED) is 0.128. The van der Waals surface area contributed by atoms with E-state index in [0.717, 1.165) is 10.3 Å². The van der Waals surface area contributed by atoms with Gasteiger partial charge in [0, 0.05) is 12.6 Å². The molecule has 10 nitrogen and oxygen atoms in total. The smallest absolute Gasteiger partial charge is 0.418 e. The van der Waals surface area contributed by atoms with Crippen molar-refractivity contribution in [1.82, 2.24) is 15.5 Å². The first kappa shape index (κ1) is 39.9. The Morgan fingerprint density at radius 3 is 2.22 bits per heavy atom. The predicted octanol–water partition coefficient (Wildman–Crippen LogP) is 5.96. The molecule has 0 aromatic heterocycles. The summed E-state index contributed by atoms with van der Waals surface area (Å²) < 4.78 is 5.78. The molecule has 0 saturated carbocycles. The van der Waals surface area contributed by atoms with E-state index in [9.17, 15) is 19.5 Å². The predicted molar refractivity (Wildman–Crippen MR) is 197 cm³/mol. The molecule has 3 aromatic rings. The summed E-state index contributed by atoms with van der Waals surface area (Å²) in [5.41, 5.74) is 5.40. The maximum atomic E-state index is 15.2. The van der Waals surface area contributed by atoms with Gasteiger partial charge >= 0.3 is 6.09 Å². The number of carbonyl (C=O) groups is 4. The molecule has 270 valence electrons. The van der Waals surface area contributed by atoms with E-state index < -0.39 is 41.6 Å². The fraction of sp³-hybridized carbons (Fsp3) is 0.450. The number of ether oxygens (including phenoxy) is 1. The van der Waals surface area contributed by atoms with E-state index >= 15 is 4.79 Å². The number of hydrogen-bond acceptors (Lipinski definition) is 7. The molecular weight excluding hydrogens is 632 g/mol. The lowest BCUT2D eigenvalue weighted by atomic mass is 9.79. The van der Waals surface area contributed by atoms with Crippen LogP contribution < -0.4 is 16.4 Å². The summed E-state index contributed by atoms with van der Waals surface area (Å²) >= 11 is 0. The van der Waals surface area contributed by atoms with Gasteiger partial charge in [-0.3, -0.25) is 14.4 Å². The molecule has 50 heavy (non-hydrogen) atoms. The number of carbonyl (C=O) groups excluding carboxylic acids is 4. The van der Waals surface area contributed by atoms with Gasteiger partial charge in [-0.25, -0.2) is 9.69 Å². The summed E-state index contributed by atoms with van der Waals surface area (Å²) in [6.07, 6.45) is 1.83. The highest BCUT2D eigenvalue weighted by molar-refractivity contribution is 6.05. The Labute approximate surface area is 296 Å². The van der Waals surface area contributed by atoms with Gasteiger partial charge in [-0.05, 0) is 59.6 Å². The molecule has 0 fully saturated rings. The van der Waals surface area contributed by atoms with Gasteiger partial charge in [-0.2, -0.15) is 0 Å². The maximum Gasteiger partial charge on any atom is 0.418 e. The second-order valence-corrected chi connectivity index (χ2v) is 13.7. The summed E-state index contributed by atoms with van der Waals surface area (Å²) in [7, 11) is 0.